The highest BCUT2D eigenvalue weighted by molar-refractivity contribution is 5.77. The topological polar surface area (TPSA) is 104 Å². The molecule has 136 valence electrons. The van der Waals surface area contributed by atoms with Gasteiger partial charge in [-0.15, -0.1) is 0 Å². The van der Waals surface area contributed by atoms with Crippen LogP contribution < -0.4 is 15.8 Å². The van der Waals surface area contributed by atoms with Gasteiger partial charge in [-0.05, 0) is 43.3 Å². The predicted octanol–water partition coefficient (Wildman–Crippen LogP) is 2.99. The molecular formula is C18H16FN7O. The van der Waals surface area contributed by atoms with Crippen molar-refractivity contribution in [2.24, 2.45) is 0 Å². The smallest absolute Gasteiger partial charge is 0.242 e. The fraction of sp³-hybridized carbons (Fsp3) is 0.111. The molecule has 0 atom stereocenters. The SMILES string of the molecule is COc1ccc(Nc2nc(N)nc(-n3c(C)nc4ccc(F)cc43)n2)cc1. The van der Waals surface area contributed by atoms with E-state index in [1.807, 2.05) is 24.3 Å². The van der Waals surface area contributed by atoms with Crippen LogP contribution >= 0.6 is 0 Å². The summed E-state index contributed by atoms with van der Waals surface area (Å²) in [4.78, 5) is 17.1. The maximum atomic E-state index is 13.7. The summed E-state index contributed by atoms with van der Waals surface area (Å²) in [5, 5.41) is 3.07. The van der Waals surface area contributed by atoms with Crippen LogP contribution in [0.15, 0.2) is 42.5 Å². The van der Waals surface area contributed by atoms with Crippen LogP contribution in [0.5, 0.6) is 5.75 Å². The third kappa shape index (κ3) is 3.22. The Morgan fingerprint density at radius 2 is 1.81 bits per heavy atom. The second-order valence-corrected chi connectivity index (χ2v) is 5.80. The molecule has 2 aromatic heterocycles. The van der Waals surface area contributed by atoms with Crippen LogP contribution in [0, 0.1) is 12.7 Å². The quantitative estimate of drug-likeness (QED) is 0.573. The molecule has 4 rings (SSSR count). The molecule has 0 amide bonds. The highest BCUT2D eigenvalue weighted by Crippen LogP contribution is 2.22. The van der Waals surface area contributed by atoms with Gasteiger partial charge in [0.2, 0.25) is 17.8 Å². The van der Waals surface area contributed by atoms with Crippen LogP contribution in [-0.4, -0.2) is 31.6 Å². The van der Waals surface area contributed by atoms with Crippen molar-refractivity contribution >= 4 is 28.6 Å². The Labute approximate surface area is 153 Å². The number of aryl methyl sites for hydroxylation is 1. The monoisotopic (exact) mass is 365 g/mol. The number of hydrogen-bond donors (Lipinski definition) is 2. The van der Waals surface area contributed by atoms with E-state index in [1.54, 1.807) is 24.7 Å². The molecule has 0 aliphatic heterocycles. The van der Waals surface area contributed by atoms with Crippen LogP contribution in [0.1, 0.15) is 5.82 Å². The highest BCUT2D eigenvalue weighted by atomic mass is 19.1. The van der Waals surface area contributed by atoms with Gasteiger partial charge in [-0.2, -0.15) is 15.0 Å². The first-order valence-electron chi connectivity index (χ1n) is 8.11. The number of nitrogens with zero attached hydrogens (tertiary/aromatic N) is 5. The number of rotatable bonds is 4. The van der Waals surface area contributed by atoms with Crippen LogP contribution in [0.25, 0.3) is 17.0 Å². The van der Waals surface area contributed by atoms with Gasteiger partial charge in [0.05, 0.1) is 18.1 Å². The summed E-state index contributed by atoms with van der Waals surface area (Å²) in [5.41, 5.74) is 7.80. The third-order valence-electron chi connectivity index (χ3n) is 3.97. The van der Waals surface area contributed by atoms with Crippen molar-refractivity contribution in [1.82, 2.24) is 24.5 Å². The van der Waals surface area contributed by atoms with Gasteiger partial charge in [-0.3, -0.25) is 4.57 Å². The van der Waals surface area contributed by atoms with Gasteiger partial charge in [-0.1, -0.05) is 0 Å². The zero-order valence-corrected chi connectivity index (χ0v) is 14.6. The van der Waals surface area contributed by atoms with Gasteiger partial charge in [0.25, 0.3) is 0 Å². The number of halogens is 1. The highest BCUT2D eigenvalue weighted by Gasteiger charge is 2.14. The molecule has 2 heterocycles. The van der Waals surface area contributed by atoms with E-state index >= 15 is 0 Å². The lowest BCUT2D eigenvalue weighted by molar-refractivity contribution is 0.415. The molecule has 4 aromatic rings. The van der Waals surface area contributed by atoms with E-state index in [4.69, 9.17) is 10.5 Å². The lowest BCUT2D eigenvalue weighted by Gasteiger charge is -2.10. The van der Waals surface area contributed by atoms with Crippen molar-refractivity contribution in [3.8, 4) is 11.7 Å². The van der Waals surface area contributed by atoms with Gasteiger partial charge in [-0.25, -0.2) is 9.37 Å². The molecule has 0 fully saturated rings. The Bertz CT molecular complexity index is 1120. The number of aromatic nitrogens is 5. The minimum absolute atomic E-state index is 0.0358. The van der Waals surface area contributed by atoms with Crippen molar-refractivity contribution in [2.45, 2.75) is 6.92 Å². The molecular weight excluding hydrogens is 349 g/mol. The first kappa shape index (κ1) is 16.7. The molecule has 27 heavy (non-hydrogen) atoms. The summed E-state index contributed by atoms with van der Waals surface area (Å²) in [6.45, 7) is 1.79. The van der Waals surface area contributed by atoms with E-state index in [-0.39, 0.29) is 23.7 Å². The molecule has 0 aliphatic rings. The average molecular weight is 365 g/mol. The summed E-state index contributed by atoms with van der Waals surface area (Å²) in [6, 6.07) is 11.6. The Morgan fingerprint density at radius 1 is 1.04 bits per heavy atom. The summed E-state index contributed by atoms with van der Waals surface area (Å²) in [6.07, 6.45) is 0. The van der Waals surface area contributed by atoms with E-state index in [0.717, 1.165) is 11.4 Å². The second-order valence-electron chi connectivity index (χ2n) is 5.80. The molecule has 0 bridgehead atoms. The Morgan fingerprint density at radius 3 is 2.56 bits per heavy atom. The fourth-order valence-electron chi connectivity index (χ4n) is 2.76. The molecule has 0 spiro atoms. The number of imidazole rings is 1. The van der Waals surface area contributed by atoms with Gasteiger partial charge in [0.1, 0.15) is 17.4 Å². The minimum Gasteiger partial charge on any atom is -0.497 e. The van der Waals surface area contributed by atoms with Crippen LogP contribution in [0.4, 0.5) is 22.0 Å². The van der Waals surface area contributed by atoms with E-state index in [9.17, 15) is 4.39 Å². The van der Waals surface area contributed by atoms with Crippen LogP contribution in [-0.2, 0) is 0 Å². The Kier molecular flexibility index (Phi) is 4.03. The minimum atomic E-state index is -0.373. The molecule has 9 heteroatoms. The lowest BCUT2D eigenvalue weighted by Crippen LogP contribution is -2.10. The summed E-state index contributed by atoms with van der Waals surface area (Å²) < 4.78 is 20.5. The maximum absolute atomic E-state index is 13.7. The Balaban J connectivity index is 1.76. The van der Waals surface area contributed by atoms with Crippen molar-refractivity contribution in [2.75, 3.05) is 18.2 Å². The molecule has 8 nitrogen and oxygen atoms in total. The zero-order chi connectivity index (χ0) is 19.0. The maximum Gasteiger partial charge on any atom is 0.242 e. The van der Waals surface area contributed by atoms with E-state index in [0.29, 0.717) is 16.9 Å². The van der Waals surface area contributed by atoms with Crippen LogP contribution in [0.2, 0.25) is 0 Å². The number of methoxy groups -OCH3 is 1. The molecule has 0 unspecified atom stereocenters. The predicted molar refractivity (Wildman–Crippen MR) is 99.8 cm³/mol. The van der Waals surface area contributed by atoms with Crippen molar-refractivity contribution in [3.63, 3.8) is 0 Å². The largest absolute Gasteiger partial charge is 0.497 e. The summed E-state index contributed by atoms with van der Waals surface area (Å²) in [5.74, 6) is 1.52. The van der Waals surface area contributed by atoms with Crippen molar-refractivity contribution in [3.05, 3.63) is 54.1 Å². The first-order valence-corrected chi connectivity index (χ1v) is 8.11. The number of nitrogens with two attached hydrogens (primary N) is 1. The summed E-state index contributed by atoms with van der Waals surface area (Å²) in [7, 11) is 1.60. The van der Waals surface area contributed by atoms with Gasteiger partial charge in [0, 0.05) is 11.8 Å². The molecule has 0 aliphatic carbocycles. The number of nitrogen functional groups attached to an aromatic ring is 1. The number of anilines is 3. The average Bonchev–Trinajstić information content (AvgIpc) is 2.97. The van der Waals surface area contributed by atoms with Crippen LogP contribution in [0.3, 0.4) is 0 Å². The Hall–Kier alpha value is -3.75. The van der Waals surface area contributed by atoms with Crippen molar-refractivity contribution in [1.29, 1.82) is 0 Å². The standard InChI is InChI=1S/C18H16FN7O/c1-10-21-14-8-3-11(19)9-15(14)26(10)18-24-16(20)23-17(25-18)22-12-4-6-13(27-2)7-5-12/h3-9H,1-2H3,(H3,20,22,23,24,25). The molecule has 0 saturated heterocycles. The number of hydrogen-bond acceptors (Lipinski definition) is 7. The van der Waals surface area contributed by atoms with E-state index in [1.165, 1.54) is 12.1 Å². The molecule has 0 saturated carbocycles. The number of nitrogens with one attached hydrogen (secondary N) is 1. The molecule has 2 aromatic carbocycles. The van der Waals surface area contributed by atoms with Gasteiger partial charge >= 0.3 is 0 Å². The number of benzene rings is 2. The molecule has 3 N–H and O–H groups in total. The normalized spacial score (nSPS) is 10.9. The third-order valence-corrected chi connectivity index (χ3v) is 3.97. The van der Waals surface area contributed by atoms with Crippen molar-refractivity contribution < 1.29 is 9.13 Å². The second kappa shape index (κ2) is 6.52. The van der Waals surface area contributed by atoms with E-state index < -0.39 is 0 Å². The summed E-state index contributed by atoms with van der Waals surface area (Å²) >= 11 is 0. The first-order chi connectivity index (χ1) is 13.0. The van der Waals surface area contributed by atoms with Gasteiger partial charge in [0.15, 0.2) is 0 Å². The fourth-order valence-corrected chi connectivity index (χ4v) is 2.76. The number of ether oxygens (including phenoxy) is 1. The molecule has 0 radical (unpaired) electrons. The van der Waals surface area contributed by atoms with Gasteiger partial charge < -0.3 is 15.8 Å². The van der Waals surface area contributed by atoms with E-state index in [2.05, 4.69) is 25.3 Å². The number of fused-ring (bicyclic) bond motifs is 1. The zero-order valence-electron chi connectivity index (χ0n) is 14.6. The lowest BCUT2D eigenvalue weighted by atomic mass is 10.3.